The van der Waals surface area contributed by atoms with Crippen LogP contribution >= 0.6 is 0 Å². The van der Waals surface area contributed by atoms with Gasteiger partial charge >= 0.3 is 0 Å². The second-order valence-corrected chi connectivity index (χ2v) is 5.95. The quantitative estimate of drug-likeness (QED) is 0.544. The Balaban J connectivity index is 1.90. The third kappa shape index (κ3) is 1.71. The van der Waals surface area contributed by atoms with E-state index < -0.39 is 0 Å². The molecule has 1 heteroatoms. The Morgan fingerprint density at radius 3 is 2.26 bits per heavy atom. The van der Waals surface area contributed by atoms with Gasteiger partial charge in [0.2, 0.25) is 0 Å². The molecule has 108 valence electrons. The fourth-order valence-electron chi connectivity index (χ4n) is 3.70. The fourth-order valence-corrected chi connectivity index (χ4v) is 3.70. The van der Waals surface area contributed by atoms with Crippen molar-refractivity contribution < 1.29 is 4.39 Å². The normalized spacial score (nSPS) is 14.4. The maximum absolute atomic E-state index is 13.9. The number of rotatable bonds is 1. The van der Waals surface area contributed by atoms with E-state index in [1.165, 1.54) is 22.3 Å². The van der Waals surface area contributed by atoms with E-state index in [4.69, 9.17) is 0 Å². The van der Waals surface area contributed by atoms with Gasteiger partial charge in [-0.3, -0.25) is 0 Å². The molecule has 0 saturated heterocycles. The number of halogens is 1. The Morgan fingerprint density at radius 2 is 1.39 bits per heavy atom. The van der Waals surface area contributed by atoms with E-state index in [-0.39, 0.29) is 5.82 Å². The predicted molar refractivity (Wildman–Crippen MR) is 93.1 cm³/mol. The number of allylic oxidation sites excluding steroid dienone is 2. The third-order valence-electron chi connectivity index (χ3n) is 4.65. The summed E-state index contributed by atoms with van der Waals surface area (Å²) >= 11 is 0. The first kappa shape index (κ1) is 12.6. The summed E-state index contributed by atoms with van der Waals surface area (Å²) in [5, 5.41) is 0. The van der Waals surface area contributed by atoms with E-state index in [1.54, 1.807) is 12.1 Å². The Labute approximate surface area is 134 Å². The van der Waals surface area contributed by atoms with Gasteiger partial charge in [-0.1, -0.05) is 60.7 Å². The highest BCUT2D eigenvalue weighted by Crippen LogP contribution is 2.53. The Kier molecular flexibility index (Phi) is 2.48. The van der Waals surface area contributed by atoms with Gasteiger partial charge in [0.05, 0.1) is 0 Å². The summed E-state index contributed by atoms with van der Waals surface area (Å²) < 4.78 is 13.9. The lowest BCUT2D eigenvalue weighted by atomic mass is 9.94. The van der Waals surface area contributed by atoms with Gasteiger partial charge in [-0.05, 0) is 62.7 Å². The van der Waals surface area contributed by atoms with E-state index >= 15 is 0 Å². The average Bonchev–Trinajstić information content (AvgIpc) is 3.09. The first-order valence-electron chi connectivity index (χ1n) is 7.74. The van der Waals surface area contributed by atoms with Crippen LogP contribution in [0.2, 0.25) is 0 Å². The maximum Gasteiger partial charge on any atom is 0.123 e. The van der Waals surface area contributed by atoms with Gasteiger partial charge in [0.15, 0.2) is 0 Å². The molecule has 0 unspecified atom stereocenters. The lowest BCUT2D eigenvalue weighted by Crippen LogP contribution is -1.90. The van der Waals surface area contributed by atoms with Gasteiger partial charge in [0, 0.05) is 0 Å². The van der Waals surface area contributed by atoms with Crippen molar-refractivity contribution in [1.82, 2.24) is 0 Å². The first-order chi connectivity index (χ1) is 11.3. The SMILES string of the molecule is Fc1ccc2c(c1)C(c1ccccc1)=C1C2=Cc2ccccc21. The number of benzene rings is 3. The van der Waals surface area contributed by atoms with Crippen molar-refractivity contribution in [3.63, 3.8) is 0 Å². The standard InChI is InChI=1S/C22H13F/c23-16-10-11-18-19-12-15-8-4-5-9-17(15)22(19)21(20(18)13-16)14-6-2-1-3-7-14/h1-13H. The van der Waals surface area contributed by atoms with Gasteiger partial charge < -0.3 is 0 Å². The highest BCUT2D eigenvalue weighted by molar-refractivity contribution is 6.31. The smallest absolute Gasteiger partial charge is 0.123 e. The second-order valence-electron chi connectivity index (χ2n) is 5.95. The van der Waals surface area contributed by atoms with E-state index in [0.717, 1.165) is 22.3 Å². The van der Waals surface area contributed by atoms with Crippen LogP contribution in [0.3, 0.4) is 0 Å². The number of hydrogen-bond acceptors (Lipinski definition) is 0. The fraction of sp³-hybridized carbons (Fsp3) is 0. The summed E-state index contributed by atoms with van der Waals surface area (Å²) in [6.45, 7) is 0. The van der Waals surface area contributed by atoms with Crippen LogP contribution in [0.4, 0.5) is 4.39 Å². The highest BCUT2D eigenvalue weighted by Gasteiger charge is 2.32. The molecule has 0 saturated carbocycles. The van der Waals surface area contributed by atoms with Crippen LogP contribution in [0.25, 0.3) is 22.8 Å². The molecule has 0 fully saturated rings. The van der Waals surface area contributed by atoms with E-state index in [2.05, 4.69) is 42.5 Å². The van der Waals surface area contributed by atoms with Gasteiger partial charge in [-0.25, -0.2) is 4.39 Å². The molecule has 2 aliphatic carbocycles. The largest absolute Gasteiger partial charge is 0.207 e. The monoisotopic (exact) mass is 296 g/mol. The molecule has 3 aromatic carbocycles. The van der Waals surface area contributed by atoms with Crippen LogP contribution in [0.5, 0.6) is 0 Å². The molecular weight excluding hydrogens is 283 g/mol. The Bertz CT molecular complexity index is 1010. The Hall–Kier alpha value is -2.93. The summed E-state index contributed by atoms with van der Waals surface area (Å²) in [6, 6.07) is 23.8. The molecule has 0 atom stereocenters. The first-order valence-corrected chi connectivity index (χ1v) is 7.74. The average molecular weight is 296 g/mol. The van der Waals surface area contributed by atoms with E-state index in [0.29, 0.717) is 0 Å². The van der Waals surface area contributed by atoms with Crippen molar-refractivity contribution in [2.24, 2.45) is 0 Å². The van der Waals surface area contributed by atoms with Crippen LogP contribution in [-0.2, 0) is 0 Å². The zero-order valence-corrected chi connectivity index (χ0v) is 12.4. The van der Waals surface area contributed by atoms with E-state index in [9.17, 15) is 4.39 Å². The van der Waals surface area contributed by atoms with Crippen LogP contribution < -0.4 is 0 Å². The molecule has 0 nitrogen and oxygen atoms in total. The van der Waals surface area contributed by atoms with Crippen molar-refractivity contribution in [3.05, 3.63) is 106 Å². The predicted octanol–water partition coefficient (Wildman–Crippen LogP) is 5.65. The maximum atomic E-state index is 13.9. The minimum Gasteiger partial charge on any atom is -0.207 e. The molecule has 0 amide bonds. The van der Waals surface area contributed by atoms with Crippen molar-refractivity contribution in [2.45, 2.75) is 0 Å². The van der Waals surface area contributed by atoms with Crippen LogP contribution in [0.1, 0.15) is 27.8 Å². The molecular formula is C22H13F. The number of fused-ring (bicyclic) bond motifs is 5. The van der Waals surface area contributed by atoms with Crippen molar-refractivity contribution >= 4 is 22.8 Å². The molecule has 3 aromatic rings. The minimum atomic E-state index is -0.188. The van der Waals surface area contributed by atoms with Crippen molar-refractivity contribution in [3.8, 4) is 0 Å². The minimum absolute atomic E-state index is 0.188. The Morgan fingerprint density at radius 1 is 0.609 bits per heavy atom. The van der Waals surface area contributed by atoms with Gasteiger partial charge in [0.25, 0.3) is 0 Å². The molecule has 0 heterocycles. The van der Waals surface area contributed by atoms with Gasteiger partial charge in [-0.2, -0.15) is 0 Å². The summed E-state index contributed by atoms with van der Waals surface area (Å²) in [6.07, 6.45) is 2.22. The molecule has 0 bridgehead atoms. The number of hydrogen-bond donors (Lipinski definition) is 0. The molecule has 5 rings (SSSR count). The summed E-state index contributed by atoms with van der Waals surface area (Å²) in [5.74, 6) is -0.188. The molecule has 0 N–H and O–H groups in total. The lowest BCUT2D eigenvalue weighted by molar-refractivity contribution is 0.627. The molecule has 0 spiro atoms. The third-order valence-corrected chi connectivity index (χ3v) is 4.65. The lowest BCUT2D eigenvalue weighted by Gasteiger charge is -2.09. The summed E-state index contributed by atoms with van der Waals surface area (Å²) in [5.41, 5.74) is 9.29. The molecule has 0 aliphatic heterocycles. The van der Waals surface area contributed by atoms with Crippen molar-refractivity contribution in [2.75, 3.05) is 0 Å². The van der Waals surface area contributed by atoms with Crippen LogP contribution in [0, 0.1) is 5.82 Å². The zero-order valence-electron chi connectivity index (χ0n) is 12.4. The summed E-state index contributed by atoms with van der Waals surface area (Å²) in [7, 11) is 0. The molecule has 0 radical (unpaired) electrons. The molecule has 2 aliphatic rings. The van der Waals surface area contributed by atoms with Crippen molar-refractivity contribution in [1.29, 1.82) is 0 Å². The highest BCUT2D eigenvalue weighted by atomic mass is 19.1. The topological polar surface area (TPSA) is 0 Å². The summed E-state index contributed by atoms with van der Waals surface area (Å²) in [4.78, 5) is 0. The van der Waals surface area contributed by atoms with E-state index in [1.807, 2.05) is 24.3 Å². The van der Waals surface area contributed by atoms with Crippen LogP contribution in [0.15, 0.2) is 72.8 Å². The van der Waals surface area contributed by atoms with Crippen LogP contribution in [-0.4, -0.2) is 0 Å². The van der Waals surface area contributed by atoms with Gasteiger partial charge in [0.1, 0.15) is 5.82 Å². The molecule has 0 aromatic heterocycles. The second kappa shape index (κ2) is 4.53. The van der Waals surface area contributed by atoms with Gasteiger partial charge in [-0.15, -0.1) is 0 Å². The zero-order chi connectivity index (χ0) is 15.4. The molecule has 23 heavy (non-hydrogen) atoms.